The van der Waals surface area contributed by atoms with Crippen LogP contribution in [0.3, 0.4) is 0 Å². The topological polar surface area (TPSA) is 68.5 Å². The van der Waals surface area contributed by atoms with Crippen LogP contribution in [-0.4, -0.2) is 26.3 Å². The number of hydrogen-bond acceptors (Lipinski definition) is 5. The summed E-state index contributed by atoms with van der Waals surface area (Å²) in [4.78, 5) is 12.0. The minimum atomic E-state index is -0.697. The molecular weight excluding hydrogens is 354 g/mol. The highest BCUT2D eigenvalue weighted by Gasteiger charge is 2.12. The quantitative estimate of drug-likeness (QED) is 0.303. The van der Waals surface area contributed by atoms with E-state index in [1.807, 2.05) is 24.3 Å². The van der Waals surface area contributed by atoms with Gasteiger partial charge in [-0.1, -0.05) is 41.9 Å². The largest absolute Gasteiger partial charge is 0.488 e. The Labute approximate surface area is 157 Å². The highest BCUT2D eigenvalue weighted by atomic mass is 35.5. The van der Waals surface area contributed by atoms with Crippen LogP contribution in [0.4, 0.5) is 0 Å². The molecule has 0 atom stereocenters. The molecule has 2 aromatic carbocycles. The Hall–Kier alpha value is -2.81. The van der Waals surface area contributed by atoms with Crippen LogP contribution in [0.15, 0.2) is 54.1 Å². The van der Waals surface area contributed by atoms with Gasteiger partial charge in [0.2, 0.25) is 0 Å². The van der Waals surface area contributed by atoms with Gasteiger partial charge >= 0.3 is 5.97 Å². The number of ether oxygens (including phenoxy) is 3. The van der Waals surface area contributed by atoms with Crippen LogP contribution in [0, 0.1) is 11.3 Å². The highest BCUT2D eigenvalue weighted by Crippen LogP contribution is 2.23. The summed E-state index contributed by atoms with van der Waals surface area (Å²) in [5, 5.41) is 9.89. The van der Waals surface area contributed by atoms with E-state index >= 15 is 0 Å². The molecule has 0 bridgehead atoms. The minimum Gasteiger partial charge on any atom is -0.488 e. The number of benzene rings is 2. The molecule has 0 unspecified atom stereocenters. The van der Waals surface area contributed by atoms with Crippen molar-refractivity contribution in [3.8, 4) is 11.8 Å². The lowest BCUT2D eigenvalue weighted by Gasteiger charge is -2.10. The van der Waals surface area contributed by atoms with Crippen molar-refractivity contribution >= 4 is 23.6 Å². The molecule has 0 amide bonds. The zero-order valence-electron chi connectivity index (χ0n) is 14.3. The van der Waals surface area contributed by atoms with Crippen molar-refractivity contribution in [1.82, 2.24) is 0 Å². The number of carbonyl (C=O) groups is 1. The molecule has 0 aliphatic carbocycles. The number of esters is 1. The second kappa shape index (κ2) is 10.2. The maximum Gasteiger partial charge on any atom is 0.348 e. The fourth-order valence-corrected chi connectivity index (χ4v) is 2.19. The van der Waals surface area contributed by atoms with Crippen LogP contribution >= 0.6 is 11.6 Å². The van der Waals surface area contributed by atoms with E-state index in [4.69, 9.17) is 25.8 Å². The second-order valence-electron chi connectivity index (χ2n) is 5.25. The standard InChI is InChI=1S/C20H18ClNO4/c1-24-10-11-25-20(23)17(13-22)12-16-4-2-3-5-19(16)26-14-15-6-8-18(21)9-7-15/h2-9,12H,10-11,14H2,1H3/b17-12-. The number of carbonyl (C=O) groups excluding carboxylic acids is 1. The number of methoxy groups -OCH3 is 1. The normalized spacial score (nSPS) is 10.9. The summed E-state index contributed by atoms with van der Waals surface area (Å²) >= 11 is 5.87. The minimum absolute atomic E-state index is 0.0864. The molecule has 0 N–H and O–H groups in total. The lowest BCUT2D eigenvalue weighted by atomic mass is 10.1. The maximum atomic E-state index is 12.0. The molecule has 2 rings (SSSR count). The molecule has 2 aromatic rings. The molecule has 5 nitrogen and oxygen atoms in total. The van der Waals surface area contributed by atoms with E-state index in [1.165, 1.54) is 13.2 Å². The highest BCUT2D eigenvalue weighted by molar-refractivity contribution is 6.30. The van der Waals surface area contributed by atoms with Gasteiger partial charge in [-0.05, 0) is 29.8 Å². The van der Waals surface area contributed by atoms with Crippen LogP contribution in [0.1, 0.15) is 11.1 Å². The van der Waals surface area contributed by atoms with Crippen molar-refractivity contribution in [2.24, 2.45) is 0 Å². The molecule has 26 heavy (non-hydrogen) atoms. The molecule has 0 saturated carbocycles. The summed E-state index contributed by atoms with van der Waals surface area (Å²) in [5.74, 6) is -0.142. The fourth-order valence-electron chi connectivity index (χ4n) is 2.06. The summed E-state index contributed by atoms with van der Waals surface area (Å²) in [6.07, 6.45) is 1.45. The average molecular weight is 372 g/mol. The number of rotatable bonds is 8. The lowest BCUT2D eigenvalue weighted by molar-refractivity contribution is -0.139. The van der Waals surface area contributed by atoms with Crippen molar-refractivity contribution in [2.45, 2.75) is 6.61 Å². The maximum absolute atomic E-state index is 12.0. The van der Waals surface area contributed by atoms with Crippen molar-refractivity contribution in [3.05, 3.63) is 70.3 Å². The third-order valence-corrected chi connectivity index (χ3v) is 3.64. The zero-order chi connectivity index (χ0) is 18.8. The predicted molar refractivity (Wildman–Crippen MR) is 98.7 cm³/mol. The van der Waals surface area contributed by atoms with Gasteiger partial charge in [-0.2, -0.15) is 5.26 Å². The molecule has 0 aromatic heterocycles. The fraction of sp³-hybridized carbons (Fsp3) is 0.200. The van der Waals surface area contributed by atoms with Gasteiger partial charge in [-0.15, -0.1) is 0 Å². The van der Waals surface area contributed by atoms with Crippen LogP contribution < -0.4 is 4.74 Å². The third kappa shape index (κ3) is 5.92. The van der Waals surface area contributed by atoms with Crippen molar-refractivity contribution < 1.29 is 19.0 Å². The first kappa shape index (κ1) is 19.5. The van der Waals surface area contributed by atoms with Crippen LogP contribution in [-0.2, 0) is 20.9 Å². The van der Waals surface area contributed by atoms with E-state index in [9.17, 15) is 10.1 Å². The molecule has 0 aliphatic rings. The number of nitrogens with zero attached hydrogens (tertiary/aromatic N) is 1. The molecule has 0 spiro atoms. The first-order valence-corrected chi connectivity index (χ1v) is 8.26. The molecule has 0 heterocycles. The van der Waals surface area contributed by atoms with Gasteiger partial charge in [0, 0.05) is 17.7 Å². The summed E-state index contributed by atoms with van der Waals surface area (Å²) < 4.78 is 15.6. The molecular formula is C20H18ClNO4. The molecule has 0 radical (unpaired) electrons. The SMILES string of the molecule is COCCOC(=O)/C(C#N)=C\c1ccccc1OCc1ccc(Cl)cc1. The van der Waals surface area contributed by atoms with Gasteiger partial charge in [-0.25, -0.2) is 4.79 Å². The molecule has 6 heteroatoms. The van der Waals surface area contributed by atoms with Crippen molar-refractivity contribution in [1.29, 1.82) is 5.26 Å². The Morgan fingerprint density at radius 1 is 1.15 bits per heavy atom. The van der Waals surface area contributed by atoms with E-state index in [0.29, 0.717) is 22.9 Å². The number of para-hydroxylation sites is 1. The number of hydrogen-bond donors (Lipinski definition) is 0. The van der Waals surface area contributed by atoms with Crippen molar-refractivity contribution in [3.63, 3.8) is 0 Å². The van der Waals surface area contributed by atoms with Crippen LogP contribution in [0.2, 0.25) is 5.02 Å². The second-order valence-corrected chi connectivity index (χ2v) is 5.69. The zero-order valence-corrected chi connectivity index (χ0v) is 15.0. The van der Waals surface area contributed by atoms with E-state index in [0.717, 1.165) is 5.56 Å². The summed E-state index contributed by atoms with van der Waals surface area (Å²) in [7, 11) is 1.50. The average Bonchev–Trinajstić information content (AvgIpc) is 2.66. The number of halogens is 1. The molecule has 0 aliphatic heterocycles. The lowest BCUT2D eigenvalue weighted by Crippen LogP contribution is -2.11. The van der Waals surface area contributed by atoms with Gasteiger partial charge in [0.1, 0.15) is 30.6 Å². The Balaban J connectivity index is 2.12. The van der Waals surface area contributed by atoms with Gasteiger partial charge in [0.05, 0.1) is 6.61 Å². The van der Waals surface area contributed by atoms with Gasteiger partial charge < -0.3 is 14.2 Å². The predicted octanol–water partition coefficient (Wildman–Crippen LogP) is 4.02. The van der Waals surface area contributed by atoms with E-state index in [-0.39, 0.29) is 18.8 Å². The number of nitriles is 1. The van der Waals surface area contributed by atoms with Crippen LogP contribution in [0.5, 0.6) is 5.75 Å². The Kier molecular flexibility index (Phi) is 7.69. The molecule has 0 fully saturated rings. The first-order valence-electron chi connectivity index (χ1n) is 7.88. The Morgan fingerprint density at radius 2 is 1.88 bits per heavy atom. The first-order chi connectivity index (χ1) is 12.6. The Morgan fingerprint density at radius 3 is 2.58 bits per heavy atom. The van der Waals surface area contributed by atoms with Gasteiger partial charge in [0.25, 0.3) is 0 Å². The van der Waals surface area contributed by atoms with E-state index in [2.05, 4.69) is 0 Å². The monoisotopic (exact) mass is 371 g/mol. The summed E-state index contributed by atoms with van der Waals surface area (Å²) in [5.41, 5.74) is 1.46. The van der Waals surface area contributed by atoms with Crippen LogP contribution in [0.25, 0.3) is 6.08 Å². The Bertz CT molecular complexity index is 809. The van der Waals surface area contributed by atoms with Crippen molar-refractivity contribution in [2.75, 3.05) is 20.3 Å². The summed E-state index contributed by atoms with van der Waals surface area (Å²) in [6.45, 7) is 0.691. The molecule has 0 saturated heterocycles. The van der Waals surface area contributed by atoms with Gasteiger partial charge in [-0.3, -0.25) is 0 Å². The van der Waals surface area contributed by atoms with E-state index < -0.39 is 5.97 Å². The smallest absolute Gasteiger partial charge is 0.348 e. The summed E-state index contributed by atoms with van der Waals surface area (Å²) in [6, 6.07) is 16.3. The third-order valence-electron chi connectivity index (χ3n) is 3.39. The molecule has 134 valence electrons. The van der Waals surface area contributed by atoms with E-state index in [1.54, 1.807) is 30.3 Å². The van der Waals surface area contributed by atoms with Gasteiger partial charge in [0.15, 0.2) is 0 Å².